The Bertz CT molecular complexity index is 415. The van der Waals surface area contributed by atoms with Crippen LogP contribution in [-0.2, 0) is 6.54 Å². The van der Waals surface area contributed by atoms with E-state index in [1.54, 1.807) is 0 Å². The van der Waals surface area contributed by atoms with Crippen LogP contribution >= 0.6 is 0 Å². The van der Waals surface area contributed by atoms with Crippen molar-refractivity contribution in [2.24, 2.45) is 0 Å². The number of nitrogens with zero attached hydrogens (tertiary/aromatic N) is 1. The van der Waals surface area contributed by atoms with Crippen molar-refractivity contribution in [1.29, 1.82) is 0 Å². The van der Waals surface area contributed by atoms with Gasteiger partial charge in [-0.15, -0.1) is 0 Å². The van der Waals surface area contributed by atoms with Crippen LogP contribution in [0.4, 0.5) is 0 Å². The van der Waals surface area contributed by atoms with Gasteiger partial charge in [-0.25, -0.2) is 0 Å². The van der Waals surface area contributed by atoms with Gasteiger partial charge < -0.3 is 10.6 Å². The third-order valence-electron chi connectivity index (χ3n) is 3.63. The van der Waals surface area contributed by atoms with Gasteiger partial charge in [-0.1, -0.05) is 19.1 Å². The summed E-state index contributed by atoms with van der Waals surface area (Å²) in [4.78, 5) is 14.4. The molecule has 21 heavy (non-hydrogen) atoms. The molecule has 1 rings (SSSR count). The van der Waals surface area contributed by atoms with Crippen LogP contribution < -0.4 is 10.6 Å². The topological polar surface area (TPSA) is 44.4 Å². The standard InChI is InChI=1S/C17H29N3O/c1-5-20(14(2)3)13-15-7-9-16(10-8-15)17(21)19-12-6-11-18-4/h7-10,14,18H,5-6,11-13H2,1-4H3,(H,19,21). The molecular weight excluding hydrogens is 262 g/mol. The lowest BCUT2D eigenvalue weighted by molar-refractivity contribution is 0.0953. The van der Waals surface area contributed by atoms with E-state index in [2.05, 4.69) is 36.3 Å². The van der Waals surface area contributed by atoms with Crippen LogP contribution in [0.25, 0.3) is 0 Å². The molecule has 0 aromatic heterocycles. The molecule has 0 radical (unpaired) electrons. The van der Waals surface area contributed by atoms with Gasteiger partial charge in [-0.2, -0.15) is 0 Å². The fourth-order valence-electron chi connectivity index (χ4n) is 2.22. The maximum absolute atomic E-state index is 12.0. The lowest BCUT2D eigenvalue weighted by Gasteiger charge is -2.24. The van der Waals surface area contributed by atoms with Gasteiger partial charge in [0.15, 0.2) is 0 Å². The maximum atomic E-state index is 12.0. The number of carbonyl (C=O) groups is 1. The quantitative estimate of drug-likeness (QED) is 0.686. The Kier molecular flexibility index (Phi) is 8.01. The Morgan fingerprint density at radius 2 is 1.86 bits per heavy atom. The fraction of sp³-hybridized carbons (Fsp3) is 0.588. The molecule has 1 aromatic rings. The second-order valence-corrected chi connectivity index (χ2v) is 5.57. The van der Waals surface area contributed by atoms with Crippen LogP contribution in [0.3, 0.4) is 0 Å². The minimum Gasteiger partial charge on any atom is -0.352 e. The molecule has 0 aliphatic heterocycles. The highest BCUT2D eigenvalue weighted by atomic mass is 16.1. The molecule has 0 aliphatic rings. The van der Waals surface area contributed by atoms with Crippen LogP contribution in [-0.4, -0.2) is 43.5 Å². The number of hydrogen-bond donors (Lipinski definition) is 2. The lowest BCUT2D eigenvalue weighted by Crippen LogP contribution is -2.30. The molecule has 0 saturated heterocycles. The van der Waals surface area contributed by atoms with Gasteiger partial charge in [0, 0.05) is 24.7 Å². The first-order valence-electron chi connectivity index (χ1n) is 7.84. The normalized spacial score (nSPS) is 11.1. The Morgan fingerprint density at radius 1 is 1.19 bits per heavy atom. The molecule has 0 aliphatic carbocycles. The van der Waals surface area contributed by atoms with Crippen molar-refractivity contribution >= 4 is 5.91 Å². The lowest BCUT2D eigenvalue weighted by atomic mass is 10.1. The second-order valence-electron chi connectivity index (χ2n) is 5.57. The average Bonchev–Trinajstić information content (AvgIpc) is 2.49. The Morgan fingerprint density at radius 3 is 2.38 bits per heavy atom. The summed E-state index contributed by atoms with van der Waals surface area (Å²) in [5.41, 5.74) is 1.98. The van der Waals surface area contributed by atoms with Crippen LogP contribution in [0, 0.1) is 0 Å². The van der Waals surface area contributed by atoms with Gasteiger partial charge in [-0.3, -0.25) is 9.69 Å². The summed E-state index contributed by atoms with van der Waals surface area (Å²) < 4.78 is 0. The van der Waals surface area contributed by atoms with Crippen LogP contribution in [0.15, 0.2) is 24.3 Å². The van der Waals surface area contributed by atoms with E-state index < -0.39 is 0 Å². The summed E-state index contributed by atoms with van der Waals surface area (Å²) in [5.74, 6) is 0.00820. The van der Waals surface area contributed by atoms with Crippen molar-refractivity contribution in [3.8, 4) is 0 Å². The van der Waals surface area contributed by atoms with E-state index in [0.29, 0.717) is 12.6 Å². The molecule has 0 bridgehead atoms. The summed E-state index contributed by atoms with van der Waals surface area (Å²) in [6.45, 7) is 10.2. The second kappa shape index (κ2) is 9.53. The molecule has 0 heterocycles. The van der Waals surface area contributed by atoms with Crippen LogP contribution in [0.5, 0.6) is 0 Å². The Hall–Kier alpha value is -1.39. The van der Waals surface area contributed by atoms with Crippen molar-refractivity contribution in [1.82, 2.24) is 15.5 Å². The van der Waals surface area contributed by atoms with Crippen molar-refractivity contribution in [2.45, 2.75) is 39.8 Å². The first-order chi connectivity index (χ1) is 10.1. The molecule has 0 unspecified atom stereocenters. The van der Waals surface area contributed by atoms with Crippen molar-refractivity contribution in [3.63, 3.8) is 0 Å². The number of benzene rings is 1. The Balaban J connectivity index is 2.51. The molecule has 1 amide bonds. The van der Waals surface area contributed by atoms with Crippen molar-refractivity contribution < 1.29 is 4.79 Å². The first-order valence-corrected chi connectivity index (χ1v) is 7.84. The molecule has 1 aromatic carbocycles. The van der Waals surface area contributed by atoms with E-state index in [1.165, 1.54) is 5.56 Å². The summed E-state index contributed by atoms with van der Waals surface area (Å²) in [6, 6.07) is 8.46. The highest BCUT2D eigenvalue weighted by Crippen LogP contribution is 2.10. The predicted octanol–water partition coefficient (Wildman–Crippen LogP) is 2.26. The molecule has 4 nitrogen and oxygen atoms in total. The molecule has 4 heteroatoms. The van der Waals surface area contributed by atoms with Gasteiger partial charge in [0.05, 0.1) is 0 Å². The van der Waals surface area contributed by atoms with Crippen LogP contribution in [0.1, 0.15) is 43.1 Å². The Labute approximate surface area is 128 Å². The van der Waals surface area contributed by atoms with Crippen LogP contribution in [0.2, 0.25) is 0 Å². The van der Waals surface area contributed by atoms with Gasteiger partial charge in [0.25, 0.3) is 5.91 Å². The number of nitrogens with one attached hydrogen (secondary N) is 2. The smallest absolute Gasteiger partial charge is 0.251 e. The molecule has 0 spiro atoms. The monoisotopic (exact) mass is 291 g/mol. The summed E-state index contributed by atoms with van der Waals surface area (Å²) >= 11 is 0. The molecule has 118 valence electrons. The largest absolute Gasteiger partial charge is 0.352 e. The number of carbonyl (C=O) groups excluding carboxylic acids is 1. The summed E-state index contributed by atoms with van der Waals surface area (Å²) in [7, 11) is 1.91. The maximum Gasteiger partial charge on any atom is 0.251 e. The van der Waals surface area contributed by atoms with Crippen molar-refractivity contribution in [2.75, 3.05) is 26.7 Å². The average molecular weight is 291 g/mol. The summed E-state index contributed by atoms with van der Waals surface area (Å²) in [6.07, 6.45) is 0.945. The summed E-state index contributed by atoms with van der Waals surface area (Å²) in [5, 5.41) is 6.00. The molecular formula is C17H29N3O. The third kappa shape index (κ3) is 6.27. The van der Waals surface area contributed by atoms with E-state index in [0.717, 1.165) is 31.6 Å². The van der Waals surface area contributed by atoms with Crippen molar-refractivity contribution in [3.05, 3.63) is 35.4 Å². The zero-order valence-corrected chi connectivity index (χ0v) is 13.8. The number of rotatable bonds is 9. The van der Waals surface area contributed by atoms with E-state index >= 15 is 0 Å². The van der Waals surface area contributed by atoms with Gasteiger partial charge in [0.2, 0.25) is 0 Å². The van der Waals surface area contributed by atoms with E-state index in [9.17, 15) is 4.79 Å². The van der Waals surface area contributed by atoms with Gasteiger partial charge in [0.1, 0.15) is 0 Å². The molecule has 0 saturated carbocycles. The highest BCUT2D eigenvalue weighted by molar-refractivity contribution is 5.94. The zero-order chi connectivity index (χ0) is 15.7. The molecule has 0 fully saturated rings. The zero-order valence-electron chi connectivity index (χ0n) is 13.8. The number of hydrogen-bond acceptors (Lipinski definition) is 3. The minimum atomic E-state index is 0.00820. The van der Waals surface area contributed by atoms with E-state index in [-0.39, 0.29) is 5.91 Å². The van der Waals surface area contributed by atoms with E-state index in [1.807, 2.05) is 31.3 Å². The molecule has 0 atom stereocenters. The SMILES string of the molecule is CCN(Cc1ccc(C(=O)NCCCNC)cc1)C(C)C. The van der Waals surface area contributed by atoms with Gasteiger partial charge >= 0.3 is 0 Å². The predicted molar refractivity (Wildman–Crippen MR) is 88.5 cm³/mol. The third-order valence-corrected chi connectivity index (χ3v) is 3.63. The first kappa shape index (κ1) is 17.7. The fourth-order valence-corrected chi connectivity index (χ4v) is 2.22. The minimum absolute atomic E-state index is 0.00820. The highest BCUT2D eigenvalue weighted by Gasteiger charge is 2.09. The van der Waals surface area contributed by atoms with E-state index in [4.69, 9.17) is 0 Å². The van der Waals surface area contributed by atoms with Gasteiger partial charge in [-0.05, 0) is 58.1 Å². The number of amides is 1. The molecule has 2 N–H and O–H groups in total.